The summed E-state index contributed by atoms with van der Waals surface area (Å²) in [5.41, 5.74) is 3.20. The van der Waals surface area contributed by atoms with Crippen LogP contribution in [-0.4, -0.2) is 38.1 Å². The summed E-state index contributed by atoms with van der Waals surface area (Å²) in [6.45, 7) is 3.63. The van der Waals surface area contributed by atoms with Gasteiger partial charge in [0.2, 0.25) is 5.91 Å². The highest BCUT2D eigenvalue weighted by Gasteiger charge is 2.21. The maximum absolute atomic E-state index is 13.0. The summed E-state index contributed by atoms with van der Waals surface area (Å²) in [7, 11) is 4.20. The van der Waals surface area contributed by atoms with Gasteiger partial charge < -0.3 is 4.90 Å². The van der Waals surface area contributed by atoms with Gasteiger partial charge in [-0.3, -0.25) is 9.69 Å². The SMILES string of the molecule is Cc1ccc2nc(N(CC[NH+](C)C)C(=O)Cc3ccccc3)sc2c1. The molecule has 0 fully saturated rings. The first kappa shape index (κ1) is 17.6. The molecule has 0 unspecified atom stereocenters. The van der Waals surface area contributed by atoms with E-state index in [4.69, 9.17) is 4.98 Å². The zero-order valence-electron chi connectivity index (χ0n) is 15.0. The van der Waals surface area contributed by atoms with E-state index in [9.17, 15) is 4.79 Å². The molecule has 0 aliphatic rings. The van der Waals surface area contributed by atoms with Crippen molar-refractivity contribution >= 4 is 32.6 Å². The van der Waals surface area contributed by atoms with Crippen LogP contribution in [0.15, 0.2) is 48.5 Å². The average Bonchev–Trinajstić information content (AvgIpc) is 2.98. The number of hydrogen-bond donors (Lipinski definition) is 1. The number of fused-ring (bicyclic) bond motifs is 1. The van der Waals surface area contributed by atoms with E-state index in [1.54, 1.807) is 11.3 Å². The predicted octanol–water partition coefficient (Wildman–Crippen LogP) is 2.32. The molecule has 0 bridgehead atoms. The van der Waals surface area contributed by atoms with Crippen molar-refractivity contribution in [2.45, 2.75) is 13.3 Å². The molecule has 1 N–H and O–H groups in total. The summed E-state index contributed by atoms with van der Waals surface area (Å²) >= 11 is 1.59. The number of aryl methyl sites for hydroxylation is 1. The smallest absolute Gasteiger partial charge is 0.233 e. The van der Waals surface area contributed by atoms with Gasteiger partial charge in [-0.15, -0.1) is 0 Å². The second-order valence-corrected chi connectivity index (χ2v) is 7.64. The molecule has 1 aromatic heterocycles. The third-order valence-corrected chi connectivity index (χ3v) is 5.14. The van der Waals surface area contributed by atoms with E-state index >= 15 is 0 Å². The fourth-order valence-electron chi connectivity index (χ4n) is 2.66. The van der Waals surface area contributed by atoms with Crippen molar-refractivity contribution in [2.75, 3.05) is 32.1 Å². The average molecular weight is 354 g/mol. The molecular formula is C20H24N3OS+. The molecule has 3 rings (SSSR count). The number of anilines is 1. The van der Waals surface area contributed by atoms with Gasteiger partial charge in [-0.05, 0) is 30.2 Å². The van der Waals surface area contributed by atoms with Crippen LogP contribution >= 0.6 is 11.3 Å². The normalized spacial score (nSPS) is 11.2. The molecule has 0 aliphatic heterocycles. The molecule has 0 aliphatic carbocycles. The molecule has 0 atom stereocenters. The molecule has 130 valence electrons. The maximum Gasteiger partial charge on any atom is 0.233 e. The number of nitrogens with one attached hydrogen (secondary N) is 1. The van der Waals surface area contributed by atoms with Gasteiger partial charge in [0.15, 0.2) is 5.13 Å². The topological polar surface area (TPSA) is 37.6 Å². The Morgan fingerprint density at radius 1 is 1.16 bits per heavy atom. The molecule has 0 saturated carbocycles. The molecule has 1 amide bonds. The fourth-order valence-corrected chi connectivity index (χ4v) is 3.77. The van der Waals surface area contributed by atoms with Gasteiger partial charge in [0.25, 0.3) is 0 Å². The number of hydrogen-bond acceptors (Lipinski definition) is 3. The Morgan fingerprint density at radius 2 is 1.92 bits per heavy atom. The first-order valence-corrected chi connectivity index (χ1v) is 9.35. The number of aromatic nitrogens is 1. The number of carbonyl (C=O) groups excluding carboxylic acids is 1. The summed E-state index contributed by atoms with van der Waals surface area (Å²) in [4.78, 5) is 20.8. The molecule has 3 aromatic rings. The fraction of sp³-hybridized carbons (Fsp3) is 0.300. The largest absolute Gasteiger partial charge is 0.338 e. The van der Waals surface area contributed by atoms with Crippen LogP contribution in [0.4, 0.5) is 5.13 Å². The zero-order chi connectivity index (χ0) is 17.8. The summed E-state index contributed by atoms with van der Waals surface area (Å²) in [5.74, 6) is 0.100. The number of quaternary nitrogens is 1. The van der Waals surface area contributed by atoms with E-state index in [2.05, 4.69) is 33.2 Å². The van der Waals surface area contributed by atoms with Crippen molar-refractivity contribution in [3.63, 3.8) is 0 Å². The van der Waals surface area contributed by atoms with E-state index in [1.807, 2.05) is 41.3 Å². The second-order valence-electron chi connectivity index (χ2n) is 6.63. The number of amides is 1. The number of nitrogens with zero attached hydrogens (tertiary/aromatic N) is 2. The molecule has 0 saturated heterocycles. The van der Waals surface area contributed by atoms with Gasteiger partial charge in [0.1, 0.15) is 0 Å². The molecule has 0 spiro atoms. The van der Waals surface area contributed by atoms with Crippen LogP contribution in [0, 0.1) is 6.92 Å². The number of benzene rings is 2. The van der Waals surface area contributed by atoms with Gasteiger partial charge >= 0.3 is 0 Å². The maximum atomic E-state index is 13.0. The minimum atomic E-state index is 0.100. The lowest BCUT2D eigenvalue weighted by molar-refractivity contribution is -0.856. The quantitative estimate of drug-likeness (QED) is 0.738. The third-order valence-electron chi connectivity index (χ3n) is 4.10. The van der Waals surface area contributed by atoms with E-state index in [0.29, 0.717) is 13.0 Å². The minimum absolute atomic E-state index is 0.100. The molecule has 4 nitrogen and oxygen atoms in total. The van der Waals surface area contributed by atoms with Gasteiger partial charge in [0, 0.05) is 0 Å². The third kappa shape index (κ3) is 4.44. The van der Waals surface area contributed by atoms with Crippen LogP contribution in [0.5, 0.6) is 0 Å². The Hall–Kier alpha value is -2.24. The highest BCUT2D eigenvalue weighted by Crippen LogP contribution is 2.29. The van der Waals surface area contributed by atoms with E-state index in [0.717, 1.165) is 27.5 Å². The van der Waals surface area contributed by atoms with Crippen molar-refractivity contribution in [2.24, 2.45) is 0 Å². The Morgan fingerprint density at radius 3 is 2.64 bits per heavy atom. The van der Waals surface area contributed by atoms with Gasteiger partial charge in [-0.2, -0.15) is 0 Å². The van der Waals surface area contributed by atoms with E-state index in [1.165, 1.54) is 10.5 Å². The molecule has 5 heteroatoms. The zero-order valence-corrected chi connectivity index (χ0v) is 15.8. The lowest BCUT2D eigenvalue weighted by atomic mass is 10.1. The lowest BCUT2D eigenvalue weighted by Gasteiger charge is -2.20. The first-order chi connectivity index (χ1) is 12.0. The van der Waals surface area contributed by atoms with Crippen LogP contribution in [0.3, 0.4) is 0 Å². The van der Waals surface area contributed by atoms with Crippen LogP contribution in [0.1, 0.15) is 11.1 Å². The number of rotatable bonds is 6. The first-order valence-electron chi connectivity index (χ1n) is 8.53. The monoisotopic (exact) mass is 354 g/mol. The summed E-state index contributed by atoms with van der Waals surface area (Å²) in [5, 5.41) is 0.794. The van der Waals surface area contributed by atoms with Gasteiger partial charge in [-0.25, -0.2) is 4.98 Å². The molecule has 2 aromatic carbocycles. The van der Waals surface area contributed by atoms with Gasteiger partial charge in [0.05, 0.1) is 43.8 Å². The Labute approximate surface area is 152 Å². The van der Waals surface area contributed by atoms with Gasteiger partial charge in [-0.1, -0.05) is 47.7 Å². The van der Waals surface area contributed by atoms with Crippen molar-refractivity contribution in [1.82, 2.24) is 4.98 Å². The molecular weight excluding hydrogens is 330 g/mol. The Balaban J connectivity index is 1.88. The minimum Gasteiger partial charge on any atom is -0.338 e. The van der Waals surface area contributed by atoms with Crippen LogP contribution in [-0.2, 0) is 11.2 Å². The van der Waals surface area contributed by atoms with Crippen molar-refractivity contribution in [3.8, 4) is 0 Å². The number of likely N-dealkylation sites (N-methyl/N-ethyl adjacent to an activating group) is 1. The highest BCUT2D eigenvalue weighted by molar-refractivity contribution is 7.22. The predicted molar refractivity (Wildman–Crippen MR) is 105 cm³/mol. The number of thiazole rings is 1. The summed E-state index contributed by atoms with van der Waals surface area (Å²) in [6, 6.07) is 16.1. The molecule has 1 heterocycles. The standard InChI is InChI=1S/C20H23N3OS/c1-15-9-10-17-18(13-15)25-20(21-17)23(12-11-22(2)3)19(24)14-16-7-5-4-6-8-16/h4-10,13H,11-12,14H2,1-3H3/p+1. The van der Waals surface area contributed by atoms with Crippen molar-refractivity contribution in [3.05, 3.63) is 59.7 Å². The van der Waals surface area contributed by atoms with E-state index in [-0.39, 0.29) is 5.91 Å². The van der Waals surface area contributed by atoms with E-state index < -0.39 is 0 Å². The highest BCUT2D eigenvalue weighted by atomic mass is 32.1. The van der Waals surface area contributed by atoms with Crippen molar-refractivity contribution < 1.29 is 9.69 Å². The van der Waals surface area contributed by atoms with Crippen LogP contribution in [0.25, 0.3) is 10.2 Å². The second kappa shape index (κ2) is 7.76. The summed E-state index contributed by atoms with van der Waals surface area (Å²) in [6.07, 6.45) is 0.401. The molecule has 25 heavy (non-hydrogen) atoms. The lowest BCUT2D eigenvalue weighted by Crippen LogP contribution is -3.06. The summed E-state index contributed by atoms with van der Waals surface area (Å²) < 4.78 is 1.13. The van der Waals surface area contributed by atoms with Crippen molar-refractivity contribution in [1.29, 1.82) is 0 Å². The van der Waals surface area contributed by atoms with Crippen LogP contribution < -0.4 is 9.80 Å². The Bertz CT molecular complexity index is 858. The Kier molecular flexibility index (Phi) is 5.46. The molecule has 0 radical (unpaired) electrons. The van der Waals surface area contributed by atoms with Crippen LogP contribution in [0.2, 0.25) is 0 Å². The number of carbonyl (C=O) groups is 1.